The Morgan fingerprint density at radius 2 is 1.89 bits per heavy atom. The van der Waals surface area contributed by atoms with Crippen molar-refractivity contribution in [2.24, 2.45) is 5.73 Å². The first-order chi connectivity index (χ1) is 8.56. The van der Waals surface area contributed by atoms with Crippen molar-refractivity contribution in [3.63, 3.8) is 0 Å². The maximum atomic E-state index is 6.18. The second kappa shape index (κ2) is 6.15. The number of pyridine rings is 1. The summed E-state index contributed by atoms with van der Waals surface area (Å²) in [6.45, 7) is 0. The van der Waals surface area contributed by atoms with Crippen molar-refractivity contribution in [3.05, 3.63) is 61.8 Å². The van der Waals surface area contributed by atoms with Crippen LogP contribution < -0.4 is 5.73 Å². The molecule has 1 heterocycles. The molecule has 18 heavy (non-hydrogen) atoms. The molecular formula is C13H11Br2ClN2. The fourth-order valence-electron chi connectivity index (χ4n) is 1.66. The quantitative estimate of drug-likeness (QED) is 0.838. The molecule has 0 saturated heterocycles. The number of nitrogens with zero attached hydrogens (tertiary/aromatic N) is 1. The lowest BCUT2D eigenvalue weighted by Crippen LogP contribution is -2.14. The minimum Gasteiger partial charge on any atom is -0.324 e. The lowest BCUT2D eigenvalue weighted by atomic mass is 10.0. The summed E-state index contributed by atoms with van der Waals surface area (Å²) in [6.07, 6.45) is 2.42. The number of rotatable bonds is 3. The average molecular weight is 391 g/mol. The second-order valence-corrected chi connectivity index (χ2v) is 6.18. The fraction of sp³-hybridized carbons (Fsp3) is 0.154. The van der Waals surface area contributed by atoms with Gasteiger partial charge in [-0.1, -0.05) is 27.5 Å². The maximum absolute atomic E-state index is 6.18. The number of hydrogen-bond donors (Lipinski definition) is 1. The molecule has 1 aromatic heterocycles. The summed E-state index contributed by atoms with van der Waals surface area (Å²) in [5, 5.41) is 0.683. The van der Waals surface area contributed by atoms with E-state index < -0.39 is 0 Å². The van der Waals surface area contributed by atoms with Gasteiger partial charge in [0, 0.05) is 38.3 Å². The van der Waals surface area contributed by atoms with E-state index >= 15 is 0 Å². The monoisotopic (exact) mass is 388 g/mol. The molecule has 2 rings (SSSR count). The minimum atomic E-state index is -0.163. The topological polar surface area (TPSA) is 38.9 Å². The van der Waals surface area contributed by atoms with Crippen LogP contribution in [-0.2, 0) is 6.42 Å². The summed E-state index contributed by atoms with van der Waals surface area (Å²) >= 11 is 12.9. The molecule has 0 aliphatic rings. The molecule has 1 atom stereocenters. The molecule has 1 aromatic carbocycles. The van der Waals surface area contributed by atoms with Crippen LogP contribution in [0, 0.1) is 0 Å². The third kappa shape index (κ3) is 3.54. The minimum absolute atomic E-state index is 0.163. The number of benzene rings is 1. The summed E-state index contributed by atoms with van der Waals surface area (Å²) in [7, 11) is 0. The van der Waals surface area contributed by atoms with E-state index in [1.54, 1.807) is 6.20 Å². The predicted octanol–water partition coefficient (Wildman–Crippen LogP) is 4.50. The number of aromatic nitrogens is 1. The lowest BCUT2D eigenvalue weighted by molar-refractivity contribution is 0.706. The highest BCUT2D eigenvalue weighted by Crippen LogP contribution is 2.27. The SMILES string of the molecule is NC(Cc1ccc(Br)cn1)c1cc(Br)ccc1Cl. The Hall–Kier alpha value is -0.420. The van der Waals surface area contributed by atoms with Gasteiger partial charge in [0.15, 0.2) is 0 Å². The van der Waals surface area contributed by atoms with Crippen LogP contribution in [0.2, 0.25) is 5.02 Å². The maximum Gasteiger partial charge on any atom is 0.0454 e. The van der Waals surface area contributed by atoms with Crippen molar-refractivity contribution in [2.75, 3.05) is 0 Å². The molecule has 2 N–H and O–H groups in total. The van der Waals surface area contributed by atoms with Crippen LogP contribution in [0.5, 0.6) is 0 Å². The van der Waals surface area contributed by atoms with E-state index in [1.165, 1.54) is 0 Å². The summed E-state index contributed by atoms with van der Waals surface area (Å²) in [6, 6.07) is 9.44. The molecule has 2 nitrogen and oxygen atoms in total. The molecule has 1 unspecified atom stereocenters. The van der Waals surface area contributed by atoms with E-state index in [4.69, 9.17) is 17.3 Å². The van der Waals surface area contributed by atoms with Crippen LogP contribution in [0.4, 0.5) is 0 Å². The zero-order chi connectivity index (χ0) is 13.1. The van der Waals surface area contributed by atoms with Gasteiger partial charge in [0.05, 0.1) is 0 Å². The van der Waals surface area contributed by atoms with E-state index in [1.807, 2.05) is 30.3 Å². The summed E-state index contributed by atoms with van der Waals surface area (Å²) in [5.41, 5.74) is 8.05. The van der Waals surface area contributed by atoms with Gasteiger partial charge in [-0.05, 0) is 51.8 Å². The molecule has 2 aromatic rings. The number of halogens is 3. The van der Waals surface area contributed by atoms with Crippen molar-refractivity contribution in [2.45, 2.75) is 12.5 Å². The fourth-order valence-corrected chi connectivity index (χ4v) is 2.53. The molecule has 0 bridgehead atoms. The standard InChI is InChI=1S/C13H11Br2ClN2/c14-8-2-4-12(16)11(5-8)13(17)6-10-3-1-9(15)7-18-10/h1-5,7,13H,6,17H2. The second-order valence-electron chi connectivity index (χ2n) is 3.94. The smallest absolute Gasteiger partial charge is 0.0454 e. The summed E-state index contributed by atoms with van der Waals surface area (Å²) < 4.78 is 1.93. The Balaban J connectivity index is 2.18. The highest BCUT2D eigenvalue weighted by atomic mass is 79.9. The molecule has 0 aliphatic carbocycles. The van der Waals surface area contributed by atoms with Crippen LogP contribution in [0.3, 0.4) is 0 Å². The van der Waals surface area contributed by atoms with Gasteiger partial charge in [0.1, 0.15) is 0 Å². The van der Waals surface area contributed by atoms with Gasteiger partial charge >= 0.3 is 0 Å². The molecule has 0 fully saturated rings. The number of hydrogen-bond acceptors (Lipinski definition) is 2. The molecule has 0 radical (unpaired) electrons. The van der Waals surface area contributed by atoms with E-state index in [0.29, 0.717) is 11.4 Å². The third-order valence-corrected chi connectivity index (χ3v) is 3.88. The molecule has 94 valence electrons. The Bertz CT molecular complexity index is 543. The van der Waals surface area contributed by atoms with Crippen LogP contribution in [0.1, 0.15) is 17.3 Å². The van der Waals surface area contributed by atoms with Gasteiger partial charge in [-0.25, -0.2) is 0 Å². The lowest BCUT2D eigenvalue weighted by Gasteiger charge is -2.13. The van der Waals surface area contributed by atoms with Crippen molar-refractivity contribution < 1.29 is 0 Å². The molecule has 0 amide bonds. The van der Waals surface area contributed by atoms with E-state index in [9.17, 15) is 0 Å². The first kappa shape index (κ1) is 14.0. The van der Waals surface area contributed by atoms with Crippen molar-refractivity contribution in [1.82, 2.24) is 4.98 Å². The zero-order valence-electron chi connectivity index (χ0n) is 9.41. The third-order valence-electron chi connectivity index (χ3n) is 2.58. The summed E-state index contributed by atoms with van der Waals surface area (Å²) in [5.74, 6) is 0. The van der Waals surface area contributed by atoms with Crippen LogP contribution in [-0.4, -0.2) is 4.98 Å². The summed E-state index contributed by atoms with van der Waals surface area (Å²) in [4.78, 5) is 4.31. The average Bonchev–Trinajstić information content (AvgIpc) is 2.35. The Morgan fingerprint density at radius 3 is 2.56 bits per heavy atom. The molecule has 0 saturated carbocycles. The molecule has 0 aliphatic heterocycles. The molecule has 0 spiro atoms. The molecular weight excluding hydrogens is 379 g/mol. The van der Waals surface area contributed by atoms with Crippen LogP contribution >= 0.6 is 43.5 Å². The van der Waals surface area contributed by atoms with Crippen molar-refractivity contribution in [3.8, 4) is 0 Å². The van der Waals surface area contributed by atoms with E-state index in [-0.39, 0.29) is 6.04 Å². The van der Waals surface area contributed by atoms with Gasteiger partial charge in [0.25, 0.3) is 0 Å². The van der Waals surface area contributed by atoms with Gasteiger partial charge < -0.3 is 5.73 Å². The van der Waals surface area contributed by atoms with Gasteiger partial charge in [0.2, 0.25) is 0 Å². The normalized spacial score (nSPS) is 12.4. The Kier molecular flexibility index (Phi) is 4.78. The largest absolute Gasteiger partial charge is 0.324 e. The van der Waals surface area contributed by atoms with E-state index in [2.05, 4.69) is 36.8 Å². The van der Waals surface area contributed by atoms with Crippen molar-refractivity contribution >= 4 is 43.5 Å². The van der Waals surface area contributed by atoms with Gasteiger partial charge in [-0.15, -0.1) is 0 Å². The van der Waals surface area contributed by atoms with Gasteiger partial charge in [-0.3, -0.25) is 4.98 Å². The zero-order valence-corrected chi connectivity index (χ0v) is 13.3. The first-order valence-corrected chi connectivity index (χ1v) is 7.33. The van der Waals surface area contributed by atoms with Crippen molar-refractivity contribution in [1.29, 1.82) is 0 Å². The Morgan fingerprint density at radius 1 is 1.17 bits per heavy atom. The van der Waals surface area contributed by atoms with Crippen LogP contribution in [0.15, 0.2) is 45.5 Å². The highest BCUT2D eigenvalue weighted by Gasteiger charge is 2.12. The predicted molar refractivity (Wildman–Crippen MR) is 81.7 cm³/mol. The number of nitrogens with two attached hydrogens (primary N) is 1. The highest BCUT2D eigenvalue weighted by molar-refractivity contribution is 9.10. The Labute approximate surface area is 128 Å². The first-order valence-electron chi connectivity index (χ1n) is 5.37. The van der Waals surface area contributed by atoms with Crippen LogP contribution in [0.25, 0.3) is 0 Å². The van der Waals surface area contributed by atoms with Gasteiger partial charge in [-0.2, -0.15) is 0 Å². The van der Waals surface area contributed by atoms with E-state index in [0.717, 1.165) is 20.2 Å². The molecule has 5 heteroatoms.